The number of hydrogen-bond donors (Lipinski definition) is 3. The minimum absolute atomic E-state index is 0.0243. The van der Waals surface area contributed by atoms with Crippen LogP contribution in [0, 0.1) is 6.92 Å². The summed E-state index contributed by atoms with van der Waals surface area (Å²) in [4.78, 5) is 29.9. The van der Waals surface area contributed by atoms with Crippen molar-refractivity contribution in [3.63, 3.8) is 0 Å². The van der Waals surface area contributed by atoms with E-state index in [-0.39, 0.29) is 11.6 Å². The highest BCUT2D eigenvalue weighted by Crippen LogP contribution is 2.21. The number of aryl methyl sites for hydroxylation is 2. The molecule has 0 spiro atoms. The number of aromatic nitrogens is 2. The van der Waals surface area contributed by atoms with Crippen LogP contribution in [0.15, 0.2) is 34.4 Å². The number of H-pyrrole nitrogens is 2. The first-order valence-corrected chi connectivity index (χ1v) is 7.54. The number of thiophene rings is 1. The normalized spacial score (nSPS) is 10.9. The molecule has 21 heavy (non-hydrogen) atoms. The summed E-state index contributed by atoms with van der Waals surface area (Å²) in [5.74, 6) is -0.0243. The standard InChI is InChI=1S/C15H15N3O2S/c1-9-7-12-13(18-15(20)17-12)8-11(9)16-14(19)5-4-10-3-2-6-21-10/h2-3,6-8H,4-5H2,1H3,(H,16,19)(H2,17,18,20). The van der Waals surface area contributed by atoms with Crippen molar-refractivity contribution in [2.75, 3.05) is 5.32 Å². The average molecular weight is 301 g/mol. The third-order valence-corrected chi connectivity index (χ3v) is 4.25. The van der Waals surface area contributed by atoms with Gasteiger partial charge in [0.15, 0.2) is 0 Å². The number of amides is 1. The van der Waals surface area contributed by atoms with Gasteiger partial charge in [-0.15, -0.1) is 11.3 Å². The smallest absolute Gasteiger partial charge is 0.323 e. The maximum atomic E-state index is 12.0. The van der Waals surface area contributed by atoms with Crippen LogP contribution in [-0.4, -0.2) is 15.9 Å². The van der Waals surface area contributed by atoms with Gasteiger partial charge in [-0.25, -0.2) is 4.79 Å². The Morgan fingerprint density at radius 2 is 2.05 bits per heavy atom. The average Bonchev–Trinajstić information content (AvgIpc) is 3.05. The van der Waals surface area contributed by atoms with Crippen molar-refractivity contribution in [2.45, 2.75) is 19.8 Å². The van der Waals surface area contributed by atoms with E-state index < -0.39 is 0 Å². The fourth-order valence-corrected chi connectivity index (χ4v) is 2.94. The molecular formula is C15H15N3O2S. The number of fused-ring (bicyclic) bond motifs is 1. The van der Waals surface area contributed by atoms with E-state index in [2.05, 4.69) is 15.3 Å². The van der Waals surface area contributed by atoms with Crippen LogP contribution in [-0.2, 0) is 11.2 Å². The van der Waals surface area contributed by atoms with E-state index in [9.17, 15) is 9.59 Å². The summed E-state index contributed by atoms with van der Waals surface area (Å²) in [6.07, 6.45) is 1.19. The second kappa shape index (κ2) is 5.57. The minimum Gasteiger partial charge on any atom is -0.326 e. The highest BCUT2D eigenvalue weighted by Gasteiger charge is 2.08. The molecule has 0 atom stereocenters. The summed E-state index contributed by atoms with van der Waals surface area (Å²) in [7, 11) is 0. The Balaban J connectivity index is 1.73. The summed E-state index contributed by atoms with van der Waals surface area (Å²) in [5.41, 5.74) is 2.84. The SMILES string of the molecule is Cc1cc2[nH]c(=O)[nH]c2cc1NC(=O)CCc1cccs1. The zero-order valence-corrected chi connectivity index (χ0v) is 12.3. The molecule has 3 aromatic rings. The molecule has 0 aliphatic rings. The number of aromatic amines is 2. The molecule has 3 rings (SSSR count). The van der Waals surface area contributed by atoms with E-state index in [1.807, 2.05) is 30.5 Å². The lowest BCUT2D eigenvalue weighted by molar-refractivity contribution is -0.116. The van der Waals surface area contributed by atoms with Gasteiger partial charge in [-0.1, -0.05) is 6.07 Å². The third kappa shape index (κ3) is 3.05. The predicted octanol–water partition coefficient (Wildman–Crippen LogP) is 2.80. The maximum Gasteiger partial charge on any atom is 0.323 e. The molecule has 2 heterocycles. The topological polar surface area (TPSA) is 77.8 Å². The van der Waals surface area contributed by atoms with E-state index in [0.717, 1.165) is 23.2 Å². The van der Waals surface area contributed by atoms with Gasteiger partial charge in [0.1, 0.15) is 0 Å². The van der Waals surface area contributed by atoms with Crippen LogP contribution in [0.1, 0.15) is 16.9 Å². The van der Waals surface area contributed by atoms with E-state index >= 15 is 0 Å². The molecule has 0 radical (unpaired) electrons. The van der Waals surface area contributed by atoms with Crippen molar-refractivity contribution in [1.82, 2.24) is 9.97 Å². The van der Waals surface area contributed by atoms with Gasteiger partial charge in [0.05, 0.1) is 11.0 Å². The van der Waals surface area contributed by atoms with Gasteiger partial charge in [-0.05, 0) is 42.5 Å². The summed E-state index contributed by atoms with van der Waals surface area (Å²) in [6.45, 7) is 1.90. The number of hydrogen-bond acceptors (Lipinski definition) is 3. The molecule has 5 nitrogen and oxygen atoms in total. The maximum absolute atomic E-state index is 12.0. The van der Waals surface area contributed by atoms with Crippen LogP contribution in [0.5, 0.6) is 0 Å². The second-order valence-corrected chi connectivity index (χ2v) is 5.95. The van der Waals surface area contributed by atoms with Gasteiger partial charge >= 0.3 is 5.69 Å². The van der Waals surface area contributed by atoms with Crippen LogP contribution < -0.4 is 11.0 Å². The first kappa shape index (κ1) is 13.6. The Morgan fingerprint density at radius 3 is 2.76 bits per heavy atom. The number of rotatable bonds is 4. The number of anilines is 1. The van der Waals surface area contributed by atoms with E-state index in [0.29, 0.717) is 11.9 Å². The fourth-order valence-electron chi connectivity index (χ4n) is 2.23. The molecule has 1 amide bonds. The molecule has 0 saturated heterocycles. The molecule has 0 aliphatic carbocycles. The minimum atomic E-state index is -0.245. The van der Waals surface area contributed by atoms with Crippen molar-refractivity contribution < 1.29 is 4.79 Å². The lowest BCUT2D eigenvalue weighted by Crippen LogP contribution is -2.13. The van der Waals surface area contributed by atoms with Crippen LogP contribution in [0.25, 0.3) is 11.0 Å². The van der Waals surface area contributed by atoms with E-state index in [4.69, 9.17) is 0 Å². The molecule has 2 aromatic heterocycles. The van der Waals surface area contributed by atoms with Gasteiger partial charge in [0.25, 0.3) is 0 Å². The predicted molar refractivity (Wildman–Crippen MR) is 84.9 cm³/mol. The number of imidazole rings is 1. The molecule has 0 saturated carbocycles. The highest BCUT2D eigenvalue weighted by molar-refractivity contribution is 7.09. The van der Waals surface area contributed by atoms with Crippen molar-refractivity contribution in [3.05, 3.63) is 50.6 Å². The van der Waals surface area contributed by atoms with Gasteiger partial charge < -0.3 is 15.3 Å². The van der Waals surface area contributed by atoms with Crippen LogP contribution in [0.2, 0.25) is 0 Å². The van der Waals surface area contributed by atoms with Crippen molar-refractivity contribution in [3.8, 4) is 0 Å². The Labute approximate surface area is 125 Å². The monoisotopic (exact) mass is 301 g/mol. The van der Waals surface area contributed by atoms with Crippen LogP contribution >= 0.6 is 11.3 Å². The van der Waals surface area contributed by atoms with Crippen LogP contribution in [0.4, 0.5) is 5.69 Å². The number of nitrogens with one attached hydrogen (secondary N) is 3. The molecule has 6 heteroatoms. The molecule has 0 bridgehead atoms. The van der Waals surface area contributed by atoms with Crippen LogP contribution in [0.3, 0.4) is 0 Å². The molecule has 0 aliphatic heterocycles. The zero-order chi connectivity index (χ0) is 14.8. The van der Waals surface area contributed by atoms with Gasteiger partial charge in [-0.3, -0.25) is 4.79 Å². The number of benzene rings is 1. The summed E-state index contributed by atoms with van der Waals surface area (Å²) in [5, 5.41) is 4.91. The molecule has 3 N–H and O–H groups in total. The lowest BCUT2D eigenvalue weighted by Gasteiger charge is -2.08. The summed E-state index contributed by atoms with van der Waals surface area (Å²) >= 11 is 1.66. The molecule has 1 aromatic carbocycles. The van der Waals surface area contributed by atoms with Crippen molar-refractivity contribution in [2.24, 2.45) is 0 Å². The van der Waals surface area contributed by atoms with Gasteiger partial charge in [-0.2, -0.15) is 0 Å². The van der Waals surface area contributed by atoms with Crippen molar-refractivity contribution in [1.29, 1.82) is 0 Å². The third-order valence-electron chi connectivity index (χ3n) is 3.31. The largest absolute Gasteiger partial charge is 0.326 e. The Bertz CT molecular complexity index is 830. The number of carbonyl (C=O) groups is 1. The van der Waals surface area contributed by atoms with Crippen molar-refractivity contribution >= 4 is 34.0 Å². The quantitative estimate of drug-likeness (QED) is 0.693. The lowest BCUT2D eigenvalue weighted by atomic mass is 10.1. The molecule has 108 valence electrons. The highest BCUT2D eigenvalue weighted by atomic mass is 32.1. The summed E-state index contributed by atoms with van der Waals surface area (Å²) in [6, 6.07) is 7.64. The molecule has 0 unspecified atom stereocenters. The Morgan fingerprint density at radius 1 is 1.29 bits per heavy atom. The first-order valence-electron chi connectivity index (χ1n) is 6.67. The summed E-state index contributed by atoms with van der Waals surface area (Å²) < 4.78 is 0. The molecule has 0 fully saturated rings. The van der Waals surface area contributed by atoms with Gasteiger partial charge in [0.2, 0.25) is 5.91 Å². The fraction of sp³-hybridized carbons (Fsp3) is 0.200. The second-order valence-electron chi connectivity index (χ2n) is 4.92. The zero-order valence-electron chi connectivity index (χ0n) is 11.5. The number of carbonyl (C=O) groups excluding carboxylic acids is 1. The van der Waals surface area contributed by atoms with Gasteiger partial charge in [0, 0.05) is 17.0 Å². The van der Waals surface area contributed by atoms with E-state index in [1.165, 1.54) is 4.88 Å². The van der Waals surface area contributed by atoms with E-state index in [1.54, 1.807) is 17.4 Å². The molecular weight excluding hydrogens is 286 g/mol. The Hall–Kier alpha value is -2.34. The first-order chi connectivity index (χ1) is 10.1. The Kier molecular flexibility index (Phi) is 3.62.